The molecule has 0 aliphatic carbocycles. The molecule has 0 bridgehead atoms. The molecule has 1 N–H and O–H groups in total. The van der Waals surface area contributed by atoms with Crippen LogP contribution < -0.4 is 5.32 Å². The van der Waals surface area contributed by atoms with Gasteiger partial charge in [-0.1, -0.05) is 30.3 Å². The molecule has 6 nitrogen and oxygen atoms in total. The Morgan fingerprint density at radius 1 is 1.03 bits per heavy atom. The molecular weight excluding hydrogens is 368 g/mol. The van der Waals surface area contributed by atoms with Gasteiger partial charge in [0.1, 0.15) is 17.8 Å². The molecule has 0 saturated carbocycles. The van der Waals surface area contributed by atoms with Crippen LogP contribution in [-0.4, -0.2) is 35.8 Å². The summed E-state index contributed by atoms with van der Waals surface area (Å²) in [6.07, 6.45) is 5.44. The highest BCUT2D eigenvalue weighted by molar-refractivity contribution is 5.93. The third kappa shape index (κ3) is 4.77. The molecule has 1 aliphatic rings. The number of carbonyl (C=O) groups excluding carboxylic acids is 2. The number of rotatable bonds is 6. The van der Waals surface area contributed by atoms with Crippen molar-refractivity contribution in [3.63, 3.8) is 0 Å². The Hall–Kier alpha value is -3.28. The van der Waals surface area contributed by atoms with Crippen LogP contribution in [0.5, 0.6) is 0 Å². The highest BCUT2D eigenvalue weighted by atomic mass is 16.3. The third-order valence-corrected chi connectivity index (χ3v) is 5.23. The Bertz CT molecular complexity index is 938. The number of furan rings is 2. The molecule has 3 aromatic rings. The lowest BCUT2D eigenvalue weighted by Crippen LogP contribution is -2.46. The van der Waals surface area contributed by atoms with E-state index in [1.165, 1.54) is 12.5 Å². The molecular formula is C23H24N2O4. The molecule has 3 heterocycles. The fourth-order valence-electron chi connectivity index (χ4n) is 3.60. The van der Waals surface area contributed by atoms with Crippen molar-refractivity contribution >= 4 is 11.8 Å². The number of nitrogens with one attached hydrogen (secondary N) is 1. The SMILES string of the molecule is O=C(CCc1ccc(-c2ccccc2)o1)NC1CCN(C(=O)c2ccoc2)CC1. The van der Waals surface area contributed by atoms with Crippen molar-refractivity contribution in [3.05, 3.63) is 72.4 Å². The zero-order valence-corrected chi connectivity index (χ0v) is 16.2. The highest BCUT2D eigenvalue weighted by Gasteiger charge is 2.25. The number of carbonyl (C=O) groups is 2. The van der Waals surface area contributed by atoms with Gasteiger partial charge in [0, 0.05) is 37.5 Å². The van der Waals surface area contributed by atoms with Gasteiger partial charge in [0.2, 0.25) is 5.91 Å². The van der Waals surface area contributed by atoms with Crippen LogP contribution in [0, 0.1) is 0 Å². The lowest BCUT2D eigenvalue weighted by Gasteiger charge is -2.32. The number of nitrogens with zero attached hydrogens (tertiary/aromatic N) is 1. The number of aryl methyl sites for hydroxylation is 1. The highest BCUT2D eigenvalue weighted by Crippen LogP contribution is 2.22. The summed E-state index contributed by atoms with van der Waals surface area (Å²) in [7, 11) is 0. The lowest BCUT2D eigenvalue weighted by atomic mass is 10.0. The van der Waals surface area contributed by atoms with Gasteiger partial charge in [0.05, 0.1) is 11.8 Å². The predicted molar refractivity (Wildman–Crippen MR) is 108 cm³/mol. The third-order valence-electron chi connectivity index (χ3n) is 5.23. The molecule has 150 valence electrons. The van der Waals surface area contributed by atoms with Crippen LogP contribution in [0.25, 0.3) is 11.3 Å². The molecule has 1 fully saturated rings. The molecule has 4 rings (SSSR count). The Labute approximate surface area is 169 Å². The van der Waals surface area contributed by atoms with E-state index in [0.717, 1.165) is 29.9 Å². The second kappa shape index (κ2) is 8.82. The minimum atomic E-state index is -0.0180. The van der Waals surface area contributed by atoms with Crippen LogP contribution in [0.3, 0.4) is 0 Å². The average Bonchev–Trinajstić information content (AvgIpc) is 3.45. The summed E-state index contributed by atoms with van der Waals surface area (Å²) in [5, 5.41) is 3.08. The second-order valence-electron chi connectivity index (χ2n) is 7.28. The van der Waals surface area contributed by atoms with Crippen molar-refractivity contribution in [1.29, 1.82) is 0 Å². The van der Waals surface area contributed by atoms with E-state index in [2.05, 4.69) is 5.32 Å². The maximum Gasteiger partial charge on any atom is 0.257 e. The molecule has 2 aromatic heterocycles. The fourth-order valence-corrected chi connectivity index (χ4v) is 3.60. The van der Waals surface area contributed by atoms with Crippen molar-refractivity contribution in [1.82, 2.24) is 10.2 Å². The van der Waals surface area contributed by atoms with Crippen LogP contribution in [0.2, 0.25) is 0 Å². The normalized spacial score (nSPS) is 14.7. The minimum Gasteiger partial charge on any atom is -0.472 e. The Morgan fingerprint density at radius 2 is 1.83 bits per heavy atom. The molecule has 0 atom stereocenters. The molecule has 1 saturated heterocycles. The Kier molecular flexibility index (Phi) is 5.79. The first-order valence-corrected chi connectivity index (χ1v) is 9.94. The molecule has 0 spiro atoms. The first kappa shape index (κ1) is 19.1. The van der Waals surface area contributed by atoms with E-state index in [9.17, 15) is 9.59 Å². The van der Waals surface area contributed by atoms with Crippen molar-refractivity contribution in [3.8, 4) is 11.3 Å². The van der Waals surface area contributed by atoms with Gasteiger partial charge < -0.3 is 19.1 Å². The van der Waals surface area contributed by atoms with E-state index >= 15 is 0 Å². The number of piperidine rings is 1. The fraction of sp³-hybridized carbons (Fsp3) is 0.304. The molecule has 0 radical (unpaired) electrons. The van der Waals surface area contributed by atoms with Crippen molar-refractivity contribution < 1.29 is 18.4 Å². The summed E-state index contributed by atoms with van der Waals surface area (Å²) in [4.78, 5) is 26.4. The number of benzene rings is 1. The first-order chi connectivity index (χ1) is 14.2. The Morgan fingerprint density at radius 3 is 2.55 bits per heavy atom. The van der Waals surface area contributed by atoms with E-state index in [4.69, 9.17) is 8.83 Å². The van der Waals surface area contributed by atoms with Crippen LogP contribution in [0.15, 0.2) is 69.9 Å². The molecule has 6 heteroatoms. The maximum absolute atomic E-state index is 12.3. The summed E-state index contributed by atoms with van der Waals surface area (Å²) in [5.41, 5.74) is 1.60. The van der Waals surface area contributed by atoms with Gasteiger partial charge in [-0.25, -0.2) is 0 Å². The molecule has 29 heavy (non-hydrogen) atoms. The van der Waals surface area contributed by atoms with Crippen molar-refractivity contribution in [2.75, 3.05) is 13.1 Å². The molecule has 1 aromatic carbocycles. The van der Waals surface area contributed by atoms with Gasteiger partial charge >= 0.3 is 0 Å². The summed E-state index contributed by atoms with van der Waals surface area (Å²) in [6, 6.07) is 15.6. The number of amides is 2. The van der Waals surface area contributed by atoms with E-state index in [0.29, 0.717) is 31.5 Å². The standard InChI is InChI=1S/C23H24N2O4/c26-22(9-7-20-6-8-21(29-20)17-4-2-1-3-5-17)24-19-10-13-25(14-11-19)23(27)18-12-15-28-16-18/h1-6,8,12,15-16,19H,7,9-11,13-14H2,(H,24,26). The topological polar surface area (TPSA) is 75.7 Å². The smallest absolute Gasteiger partial charge is 0.257 e. The van der Waals surface area contributed by atoms with Crippen molar-refractivity contribution in [2.45, 2.75) is 31.7 Å². The van der Waals surface area contributed by atoms with Crippen LogP contribution in [0.4, 0.5) is 0 Å². The first-order valence-electron chi connectivity index (χ1n) is 9.94. The zero-order chi connectivity index (χ0) is 20.1. The number of hydrogen-bond donors (Lipinski definition) is 1. The summed E-state index contributed by atoms with van der Waals surface area (Å²) >= 11 is 0. The summed E-state index contributed by atoms with van der Waals surface area (Å²) < 4.78 is 10.8. The van der Waals surface area contributed by atoms with Gasteiger partial charge in [0.15, 0.2) is 0 Å². The van der Waals surface area contributed by atoms with Gasteiger partial charge in [-0.05, 0) is 31.0 Å². The van der Waals surface area contributed by atoms with E-state index in [1.54, 1.807) is 6.07 Å². The minimum absolute atomic E-state index is 0.0160. The van der Waals surface area contributed by atoms with E-state index in [-0.39, 0.29) is 17.9 Å². The monoisotopic (exact) mass is 392 g/mol. The van der Waals surface area contributed by atoms with E-state index < -0.39 is 0 Å². The van der Waals surface area contributed by atoms with Crippen LogP contribution in [-0.2, 0) is 11.2 Å². The maximum atomic E-state index is 12.3. The van der Waals surface area contributed by atoms with Gasteiger partial charge in [-0.3, -0.25) is 9.59 Å². The molecule has 1 aliphatic heterocycles. The second-order valence-corrected chi connectivity index (χ2v) is 7.28. The number of hydrogen-bond acceptors (Lipinski definition) is 4. The van der Waals surface area contributed by atoms with Gasteiger partial charge in [-0.2, -0.15) is 0 Å². The largest absolute Gasteiger partial charge is 0.472 e. The van der Waals surface area contributed by atoms with Crippen molar-refractivity contribution in [2.24, 2.45) is 0 Å². The molecule has 2 amide bonds. The zero-order valence-electron chi connectivity index (χ0n) is 16.2. The summed E-state index contributed by atoms with van der Waals surface area (Å²) in [5.74, 6) is 1.62. The quantitative estimate of drug-likeness (QED) is 0.690. The molecule has 0 unspecified atom stereocenters. The lowest BCUT2D eigenvalue weighted by molar-refractivity contribution is -0.122. The van der Waals surface area contributed by atoms with Gasteiger partial charge in [-0.15, -0.1) is 0 Å². The van der Waals surface area contributed by atoms with Crippen LogP contribution >= 0.6 is 0 Å². The Balaban J connectivity index is 1.21. The average molecular weight is 392 g/mol. The predicted octanol–water partition coefficient (Wildman–Crippen LogP) is 3.89. The number of likely N-dealkylation sites (tertiary alicyclic amines) is 1. The van der Waals surface area contributed by atoms with Gasteiger partial charge in [0.25, 0.3) is 5.91 Å². The van der Waals surface area contributed by atoms with Crippen LogP contribution in [0.1, 0.15) is 35.4 Å². The van der Waals surface area contributed by atoms with E-state index in [1.807, 2.05) is 47.4 Å². The summed E-state index contributed by atoms with van der Waals surface area (Å²) in [6.45, 7) is 1.27.